The van der Waals surface area contributed by atoms with Crippen LogP contribution in [0.5, 0.6) is 23.0 Å². The summed E-state index contributed by atoms with van der Waals surface area (Å²) >= 11 is 0. The van der Waals surface area contributed by atoms with Crippen LogP contribution in [-0.4, -0.2) is 36.2 Å². The molecule has 10 nitrogen and oxygen atoms in total. The van der Waals surface area contributed by atoms with E-state index in [-0.39, 0.29) is 39.4 Å². The first-order chi connectivity index (χ1) is 29.8. The van der Waals surface area contributed by atoms with Gasteiger partial charge in [-0.3, -0.25) is 9.59 Å². The summed E-state index contributed by atoms with van der Waals surface area (Å²) in [6, 6.07) is 28.5. The maximum Gasteiger partial charge on any atom is 0.573 e. The van der Waals surface area contributed by atoms with Gasteiger partial charge in [-0.25, -0.2) is 9.59 Å². The number of carbonyl (C=O) groups excluding carboxylic acids is 4. The zero-order chi connectivity index (χ0) is 45.5. The summed E-state index contributed by atoms with van der Waals surface area (Å²) in [5, 5.41) is 0. The van der Waals surface area contributed by atoms with Gasteiger partial charge in [-0.1, -0.05) is 48.6 Å². The molecule has 0 heterocycles. The lowest BCUT2D eigenvalue weighted by molar-refractivity contribution is -0.275. The molecular weight excluding hydrogens is 835 g/mol. The van der Waals surface area contributed by atoms with Crippen LogP contribution >= 0.6 is 0 Å². The van der Waals surface area contributed by atoms with Crippen molar-refractivity contribution < 1.29 is 64.5 Å². The van der Waals surface area contributed by atoms with E-state index in [0.29, 0.717) is 33.5 Å². The van der Waals surface area contributed by atoms with Crippen LogP contribution in [0.3, 0.4) is 0 Å². The maximum atomic E-state index is 13.9. The van der Waals surface area contributed by atoms with E-state index in [1.807, 2.05) is 0 Å². The summed E-state index contributed by atoms with van der Waals surface area (Å²) < 4.78 is 93.0. The van der Waals surface area contributed by atoms with E-state index in [0.717, 1.165) is 48.5 Å². The Morgan fingerprint density at radius 1 is 0.508 bits per heavy atom. The molecule has 0 aliphatic carbocycles. The Hall–Kier alpha value is -8.14. The predicted octanol–water partition coefficient (Wildman–Crippen LogP) is 10.9. The summed E-state index contributed by atoms with van der Waals surface area (Å²) in [6.07, 6.45) is -4.09. The Kier molecular flexibility index (Phi) is 13.1. The lowest BCUT2D eigenvalue weighted by Crippen LogP contribution is -2.17. The molecule has 63 heavy (non-hydrogen) atoms. The number of hydrogen-bond acceptors (Lipinski definition) is 10. The molecule has 0 radical (unpaired) electrons. The maximum absolute atomic E-state index is 13.9. The Morgan fingerprint density at radius 3 is 1.37 bits per heavy atom. The highest BCUT2D eigenvalue weighted by Crippen LogP contribution is 2.34. The number of anilines is 2. The van der Waals surface area contributed by atoms with Crippen molar-refractivity contribution in [3.63, 3.8) is 0 Å². The molecule has 0 aliphatic heterocycles. The summed E-state index contributed by atoms with van der Waals surface area (Å²) in [4.78, 5) is 52.7. The van der Waals surface area contributed by atoms with Crippen molar-refractivity contribution in [2.45, 2.75) is 19.6 Å². The topological polar surface area (TPSA) is 157 Å². The Morgan fingerprint density at radius 2 is 0.921 bits per heavy atom. The van der Waals surface area contributed by atoms with E-state index in [2.05, 4.69) is 9.47 Å². The monoisotopic (exact) mass is 866 g/mol. The van der Waals surface area contributed by atoms with Crippen molar-refractivity contribution in [1.82, 2.24) is 0 Å². The van der Waals surface area contributed by atoms with Gasteiger partial charge in [-0.2, -0.15) is 0 Å². The highest BCUT2D eigenvalue weighted by Gasteiger charge is 2.32. The van der Waals surface area contributed by atoms with Crippen LogP contribution in [0.15, 0.2) is 140 Å². The largest absolute Gasteiger partial charge is 0.573 e. The minimum Gasteiger partial charge on any atom is -0.423 e. The van der Waals surface area contributed by atoms with Crippen molar-refractivity contribution in [2.75, 3.05) is 11.5 Å². The third-order valence-electron chi connectivity index (χ3n) is 9.04. The predicted molar refractivity (Wildman–Crippen MR) is 221 cm³/mol. The number of ketones is 2. The van der Waals surface area contributed by atoms with Crippen LogP contribution in [0.2, 0.25) is 0 Å². The first kappa shape index (κ1) is 44.4. The van der Waals surface area contributed by atoms with Crippen LogP contribution in [0.1, 0.15) is 58.1 Å². The van der Waals surface area contributed by atoms with Gasteiger partial charge in [0.2, 0.25) is 0 Å². The smallest absolute Gasteiger partial charge is 0.423 e. The molecule has 6 aromatic carbocycles. The molecule has 0 atom stereocenters. The average molecular weight is 867 g/mol. The molecule has 0 fully saturated rings. The van der Waals surface area contributed by atoms with Gasteiger partial charge in [-0.15, -0.1) is 26.3 Å². The van der Waals surface area contributed by atoms with Crippen LogP contribution in [0.25, 0.3) is 23.3 Å². The molecular formula is C47H32F6N2O8. The van der Waals surface area contributed by atoms with Crippen molar-refractivity contribution in [1.29, 1.82) is 0 Å². The molecule has 0 unspecified atom stereocenters. The molecule has 0 spiro atoms. The van der Waals surface area contributed by atoms with Gasteiger partial charge in [0.05, 0.1) is 11.1 Å². The molecule has 4 N–H and O–H groups in total. The summed E-state index contributed by atoms with van der Waals surface area (Å²) in [7, 11) is 0. The number of nitrogens with two attached hydrogens (primary N) is 2. The molecule has 320 valence electrons. The van der Waals surface area contributed by atoms with Crippen molar-refractivity contribution in [2.24, 2.45) is 0 Å². The standard InChI is InChI=1S/C47H32F6N2O8/c1-27-40(55)23-22-38(43(27)42(57)25-7-29-4-15-34(16-5-29)61-45(59)31-10-19-36(20-11-31)63-47(51,52)53)37-21-12-32(54)26-39(37)41(56)24-6-28-2-13-33(14-3-28)60-44(58)30-8-17-35(18-9-30)62-46(48,49)50/h2-26H,54-55H2,1H3/b24-6+,25-7+. The highest BCUT2D eigenvalue weighted by atomic mass is 19.4. The summed E-state index contributed by atoms with van der Waals surface area (Å²) in [5.41, 5.74) is 15.7. The van der Waals surface area contributed by atoms with Gasteiger partial charge in [0.1, 0.15) is 23.0 Å². The molecule has 0 aromatic heterocycles. The Labute approximate surface area is 354 Å². The second-order valence-electron chi connectivity index (χ2n) is 13.5. The lowest BCUT2D eigenvalue weighted by atomic mass is 9.88. The second-order valence-corrected chi connectivity index (χ2v) is 13.5. The number of hydrogen-bond donors (Lipinski definition) is 2. The number of benzene rings is 6. The first-order valence-electron chi connectivity index (χ1n) is 18.4. The minimum atomic E-state index is -4.88. The fourth-order valence-corrected chi connectivity index (χ4v) is 6.00. The van der Waals surface area contributed by atoms with Gasteiger partial charge >= 0.3 is 24.7 Å². The lowest BCUT2D eigenvalue weighted by Gasteiger charge is -2.16. The van der Waals surface area contributed by atoms with Crippen LogP contribution in [-0.2, 0) is 0 Å². The molecule has 0 bridgehead atoms. The van der Waals surface area contributed by atoms with E-state index < -0.39 is 47.7 Å². The molecule has 0 amide bonds. The summed E-state index contributed by atoms with van der Waals surface area (Å²) in [6.45, 7) is 1.67. The van der Waals surface area contributed by atoms with Gasteiger partial charge in [0.25, 0.3) is 0 Å². The zero-order valence-corrected chi connectivity index (χ0v) is 32.6. The molecule has 0 aliphatic rings. The fraction of sp³-hybridized carbons (Fsp3) is 0.0638. The zero-order valence-electron chi connectivity index (χ0n) is 32.6. The Balaban J connectivity index is 1.14. The SMILES string of the molecule is Cc1c(N)ccc(-c2ccc(N)cc2C(=O)/C=C/c2ccc(OC(=O)c3ccc(OC(F)(F)F)cc3)cc2)c1C(=O)/C=C/c1ccc(OC(=O)c2ccc(OC(F)(F)F)cc2)cc1. The van der Waals surface area contributed by atoms with Crippen LogP contribution < -0.4 is 30.4 Å². The quantitative estimate of drug-likeness (QED) is 0.0286. The number of halogens is 6. The number of allylic oxidation sites excluding steroid dienone is 2. The Bertz CT molecular complexity index is 2730. The summed E-state index contributed by atoms with van der Waals surface area (Å²) in [5.74, 6) is -3.26. The fourth-order valence-electron chi connectivity index (χ4n) is 6.00. The van der Waals surface area contributed by atoms with Crippen LogP contribution in [0, 0.1) is 6.92 Å². The van der Waals surface area contributed by atoms with E-state index in [9.17, 15) is 45.5 Å². The third-order valence-corrected chi connectivity index (χ3v) is 9.04. The first-order valence-corrected chi connectivity index (χ1v) is 18.4. The van der Waals surface area contributed by atoms with Gasteiger partial charge in [0.15, 0.2) is 11.6 Å². The van der Waals surface area contributed by atoms with E-state index >= 15 is 0 Å². The highest BCUT2D eigenvalue weighted by molar-refractivity contribution is 6.16. The number of nitrogen functional groups attached to an aromatic ring is 2. The number of alkyl halides is 6. The van der Waals surface area contributed by atoms with E-state index in [1.165, 1.54) is 54.6 Å². The van der Waals surface area contributed by atoms with E-state index in [1.54, 1.807) is 55.5 Å². The van der Waals surface area contributed by atoms with Crippen molar-refractivity contribution in [3.8, 4) is 34.1 Å². The van der Waals surface area contributed by atoms with Gasteiger partial charge in [-0.05, 0) is 138 Å². The molecule has 16 heteroatoms. The molecule has 0 saturated carbocycles. The van der Waals surface area contributed by atoms with Gasteiger partial charge < -0.3 is 30.4 Å². The minimum absolute atomic E-state index is 0.0136. The average Bonchev–Trinajstić information content (AvgIpc) is 3.23. The number of esters is 2. The second kappa shape index (κ2) is 18.6. The normalized spacial score (nSPS) is 11.7. The number of ether oxygens (including phenoxy) is 4. The number of rotatable bonds is 13. The van der Waals surface area contributed by atoms with E-state index in [4.69, 9.17) is 20.9 Å². The molecule has 6 rings (SSSR count). The third kappa shape index (κ3) is 12.0. The molecule has 6 aromatic rings. The van der Waals surface area contributed by atoms with Crippen molar-refractivity contribution in [3.05, 3.63) is 178 Å². The van der Waals surface area contributed by atoms with Gasteiger partial charge in [0, 0.05) is 22.5 Å². The molecule has 0 saturated heterocycles. The van der Waals surface area contributed by atoms with Crippen molar-refractivity contribution >= 4 is 47.0 Å². The number of carbonyl (C=O) groups is 4. The van der Waals surface area contributed by atoms with Crippen LogP contribution in [0.4, 0.5) is 37.7 Å².